The van der Waals surface area contributed by atoms with Crippen molar-refractivity contribution in [2.24, 2.45) is 5.41 Å². The molecule has 21 heavy (non-hydrogen) atoms. The summed E-state index contributed by atoms with van der Waals surface area (Å²) in [6, 6.07) is 0. The zero-order valence-corrected chi connectivity index (χ0v) is 11.4. The Morgan fingerprint density at radius 1 is 1.29 bits per heavy atom. The van der Waals surface area contributed by atoms with Crippen molar-refractivity contribution in [3.8, 4) is 12.3 Å². The lowest BCUT2D eigenvalue weighted by molar-refractivity contribution is -0.432. The van der Waals surface area contributed by atoms with Gasteiger partial charge in [0.2, 0.25) is 5.91 Å². The van der Waals surface area contributed by atoms with E-state index < -0.39 is 24.7 Å². The first kappa shape index (κ1) is 14.7. The van der Waals surface area contributed by atoms with Crippen LogP contribution in [0.4, 0.5) is 13.2 Å². The van der Waals surface area contributed by atoms with E-state index in [2.05, 4.69) is 16.0 Å². The fraction of sp³-hybridized carbons (Fsp3) is 0.786. The van der Waals surface area contributed by atoms with Crippen molar-refractivity contribution in [3.63, 3.8) is 0 Å². The largest absolute Gasteiger partial charge is 0.524 e. The number of carbonyl (C=O) groups excluding carboxylic acids is 1. The van der Waals surface area contributed by atoms with Crippen LogP contribution in [0.5, 0.6) is 0 Å². The van der Waals surface area contributed by atoms with Gasteiger partial charge in [0.05, 0.1) is 0 Å². The molecule has 4 nitrogen and oxygen atoms in total. The lowest BCUT2D eigenvalue weighted by atomic mass is 9.40. The minimum absolute atomic E-state index is 0.0667. The van der Waals surface area contributed by atoms with Gasteiger partial charge >= 0.3 is 6.36 Å². The molecule has 4 saturated carbocycles. The predicted molar refractivity (Wildman–Crippen MR) is 65.7 cm³/mol. The van der Waals surface area contributed by atoms with Gasteiger partial charge in [-0.1, -0.05) is 5.92 Å². The second-order valence-corrected chi connectivity index (χ2v) is 6.38. The van der Waals surface area contributed by atoms with Gasteiger partial charge in [-0.05, 0) is 25.7 Å². The summed E-state index contributed by atoms with van der Waals surface area (Å²) in [5, 5.41) is 2.81. The van der Waals surface area contributed by atoms with Crippen LogP contribution in [0.1, 0.15) is 38.5 Å². The highest BCUT2D eigenvalue weighted by Crippen LogP contribution is 2.66. The van der Waals surface area contributed by atoms with Crippen LogP contribution in [-0.2, 0) is 14.3 Å². The first-order chi connectivity index (χ1) is 9.70. The monoisotopic (exact) mass is 303 g/mol. The highest BCUT2D eigenvalue weighted by Gasteiger charge is 2.68. The van der Waals surface area contributed by atoms with Gasteiger partial charge in [-0.2, -0.15) is 0 Å². The van der Waals surface area contributed by atoms with E-state index in [1.54, 1.807) is 0 Å². The molecule has 0 saturated heterocycles. The van der Waals surface area contributed by atoms with Crippen molar-refractivity contribution in [2.75, 3.05) is 6.61 Å². The van der Waals surface area contributed by atoms with Gasteiger partial charge < -0.3 is 10.1 Å². The first-order valence-corrected chi connectivity index (χ1v) is 6.89. The maximum atomic E-state index is 12.3. The molecular formula is C14H16F3NO3. The fourth-order valence-electron chi connectivity index (χ4n) is 3.55. The van der Waals surface area contributed by atoms with Crippen LogP contribution >= 0.6 is 0 Å². The summed E-state index contributed by atoms with van der Waals surface area (Å²) in [5.41, 5.74) is -0.326. The molecule has 116 valence electrons. The molecular weight excluding hydrogens is 287 g/mol. The Kier molecular flexibility index (Phi) is 3.05. The number of hydrogen-bond acceptors (Lipinski definition) is 3. The van der Waals surface area contributed by atoms with Crippen LogP contribution in [0.3, 0.4) is 0 Å². The molecule has 2 bridgehead atoms. The average Bonchev–Trinajstić information content (AvgIpc) is 2.23. The number of amides is 1. The van der Waals surface area contributed by atoms with Crippen molar-refractivity contribution >= 4 is 5.91 Å². The minimum atomic E-state index is -4.76. The van der Waals surface area contributed by atoms with Gasteiger partial charge in [-0.15, -0.1) is 19.6 Å². The normalized spacial score (nSPS) is 35.7. The zero-order chi connectivity index (χ0) is 15.4. The van der Waals surface area contributed by atoms with E-state index in [1.165, 1.54) is 0 Å². The third-order valence-corrected chi connectivity index (χ3v) is 4.62. The quantitative estimate of drug-likeness (QED) is 0.625. The lowest BCUT2D eigenvalue weighted by Crippen LogP contribution is -2.74. The third-order valence-electron chi connectivity index (χ3n) is 4.62. The van der Waals surface area contributed by atoms with Crippen LogP contribution < -0.4 is 5.32 Å². The number of ether oxygens (including phenoxy) is 2. The average molecular weight is 303 g/mol. The summed E-state index contributed by atoms with van der Waals surface area (Å²) >= 11 is 0. The van der Waals surface area contributed by atoms with E-state index >= 15 is 0 Å². The number of terminal acetylenes is 1. The van der Waals surface area contributed by atoms with Crippen LogP contribution in [0.2, 0.25) is 0 Å². The van der Waals surface area contributed by atoms with Crippen LogP contribution in [0, 0.1) is 17.8 Å². The van der Waals surface area contributed by atoms with Gasteiger partial charge in [0, 0.05) is 23.8 Å². The Morgan fingerprint density at radius 2 is 1.90 bits per heavy atom. The van der Waals surface area contributed by atoms with Crippen LogP contribution in [-0.4, -0.2) is 30.2 Å². The molecule has 0 aliphatic heterocycles. The molecule has 7 heteroatoms. The standard InChI is InChI=1S/C14H16F3NO3/c1-2-11-7-12(8-11,9-11)18-10(19)6-20-13(4-3-5-13)21-14(15,16)17/h1H,3-9H2,(H,18,19). The maximum Gasteiger partial charge on any atom is 0.524 e. The molecule has 0 heterocycles. The fourth-order valence-corrected chi connectivity index (χ4v) is 3.55. The summed E-state index contributed by atoms with van der Waals surface area (Å²) in [7, 11) is 0. The molecule has 4 rings (SSSR count). The van der Waals surface area contributed by atoms with Crippen LogP contribution in [0.25, 0.3) is 0 Å². The molecule has 1 N–H and O–H groups in total. The van der Waals surface area contributed by atoms with Crippen molar-refractivity contribution < 1.29 is 27.4 Å². The van der Waals surface area contributed by atoms with E-state index in [0.29, 0.717) is 6.42 Å². The SMILES string of the molecule is C#CC12CC(NC(=O)COC3(OC(F)(F)F)CCC3)(C1)C2. The zero-order valence-electron chi connectivity index (χ0n) is 11.4. The number of hydrogen-bond donors (Lipinski definition) is 1. The Bertz CT molecular complexity index is 485. The van der Waals surface area contributed by atoms with Crippen molar-refractivity contribution in [3.05, 3.63) is 0 Å². The van der Waals surface area contributed by atoms with E-state index in [0.717, 1.165) is 19.3 Å². The highest BCUT2D eigenvalue weighted by molar-refractivity contribution is 5.79. The van der Waals surface area contributed by atoms with Crippen LogP contribution in [0.15, 0.2) is 0 Å². The van der Waals surface area contributed by atoms with Gasteiger partial charge in [-0.25, -0.2) is 0 Å². The molecule has 0 spiro atoms. The topological polar surface area (TPSA) is 47.6 Å². The van der Waals surface area contributed by atoms with Gasteiger partial charge in [0.15, 0.2) is 5.79 Å². The Hall–Kier alpha value is -1.26. The van der Waals surface area contributed by atoms with E-state index in [4.69, 9.17) is 11.2 Å². The molecule has 0 aromatic heterocycles. The van der Waals surface area contributed by atoms with Gasteiger partial charge in [0.25, 0.3) is 0 Å². The predicted octanol–water partition coefficient (Wildman–Crippen LogP) is 2.09. The van der Waals surface area contributed by atoms with E-state index in [9.17, 15) is 18.0 Å². The molecule has 0 aromatic rings. The Balaban J connectivity index is 1.45. The highest BCUT2D eigenvalue weighted by atomic mass is 19.4. The Morgan fingerprint density at radius 3 is 2.33 bits per heavy atom. The smallest absolute Gasteiger partial charge is 0.348 e. The molecule has 0 aromatic carbocycles. The second-order valence-electron chi connectivity index (χ2n) is 6.38. The molecule has 0 radical (unpaired) electrons. The maximum absolute atomic E-state index is 12.3. The second kappa shape index (κ2) is 4.37. The molecule has 4 fully saturated rings. The lowest BCUT2D eigenvalue weighted by Gasteiger charge is -2.68. The molecule has 0 unspecified atom stereocenters. The Labute approximate surface area is 120 Å². The van der Waals surface area contributed by atoms with E-state index in [1.807, 2.05) is 0 Å². The number of nitrogens with one attached hydrogen (secondary N) is 1. The molecule has 0 atom stereocenters. The first-order valence-electron chi connectivity index (χ1n) is 6.89. The summed E-state index contributed by atoms with van der Waals surface area (Å²) in [5.74, 6) is 0.610. The number of halogens is 3. The van der Waals surface area contributed by atoms with Crippen molar-refractivity contribution in [1.29, 1.82) is 0 Å². The number of carbonyl (C=O) groups is 1. The van der Waals surface area contributed by atoms with Gasteiger partial charge in [-0.3, -0.25) is 9.53 Å². The minimum Gasteiger partial charge on any atom is -0.348 e. The number of alkyl halides is 3. The molecule has 4 aliphatic carbocycles. The summed E-state index contributed by atoms with van der Waals surface area (Å²) < 4.78 is 46.0. The third kappa shape index (κ3) is 2.62. The summed E-state index contributed by atoms with van der Waals surface area (Å²) in [6.45, 7) is -0.430. The van der Waals surface area contributed by atoms with Crippen molar-refractivity contribution in [1.82, 2.24) is 5.32 Å². The summed E-state index contributed by atoms with van der Waals surface area (Å²) in [4.78, 5) is 11.8. The molecule has 1 amide bonds. The summed E-state index contributed by atoms with van der Waals surface area (Å²) in [6.07, 6.45) is 3.73. The van der Waals surface area contributed by atoms with Crippen molar-refractivity contribution in [2.45, 2.75) is 56.2 Å². The number of rotatable bonds is 5. The van der Waals surface area contributed by atoms with Gasteiger partial charge in [0.1, 0.15) is 6.61 Å². The van der Waals surface area contributed by atoms with E-state index in [-0.39, 0.29) is 23.8 Å². The molecule has 4 aliphatic rings.